The molecule has 2 aromatic carbocycles. The van der Waals surface area contributed by atoms with Crippen LogP contribution in [-0.2, 0) is 9.84 Å². The second-order valence-electron chi connectivity index (χ2n) is 6.21. The number of halogens is 1. The first kappa shape index (κ1) is 20.3. The van der Waals surface area contributed by atoms with Crippen molar-refractivity contribution in [2.24, 2.45) is 0 Å². The van der Waals surface area contributed by atoms with Crippen LogP contribution in [0.25, 0.3) is 0 Å². The topological polar surface area (TPSA) is 82.1 Å². The molecule has 0 saturated carbocycles. The van der Waals surface area contributed by atoms with E-state index in [4.69, 9.17) is 25.8 Å². The minimum absolute atomic E-state index is 0.0985. The Balaban J connectivity index is 1.79. The molecular weight excluding hydrogens is 406 g/mol. The summed E-state index contributed by atoms with van der Waals surface area (Å²) in [6, 6.07) is 9.19. The molecule has 28 heavy (non-hydrogen) atoms. The number of carbonyl (C=O) groups is 1. The SMILES string of the molecule is COc1ccc(C(=O)N2CC(S(=O)(=O)c3ccc(Cl)cc3)C2)c(OC)c1OC. The van der Waals surface area contributed by atoms with Crippen molar-refractivity contribution in [3.05, 3.63) is 47.0 Å². The van der Waals surface area contributed by atoms with E-state index in [0.717, 1.165) is 0 Å². The molecule has 1 amide bonds. The van der Waals surface area contributed by atoms with Gasteiger partial charge in [0.1, 0.15) is 5.25 Å². The molecule has 2 aromatic rings. The van der Waals surface area contributed by atoms with Gasteiger partial charge in [-0.15, -0.1) is 0 Å². The van der Waals surface area contributed by atoms with Gasteiger partial charge in [0.15, 0.2) is 21.3 Å². The van der Waals surface area contributed by atoms with E-state index in [2.05, 4.69) is 0 Å². The van der Waals surface area contributed by atoms with Crippen LogP contribution in [0.4, 0.5) is 0 Å². The maximum atomic E-state index is 12.9. The van der Waals surface area contributed by atoms with E-state index in [1.54, 1.807) is 12.1 Å². The molecule has 1 saturated heterocycles. The van der Waals surface area contributed by atoms with Crippen molar-refractivity contribution in [3.63, 3.8) is 0 Å². The number of hydrogen-bond acceptors (Lipinski definition) is 6. The summed E-state index contributed by atoms with van der Waals surface area (Å²) in [5.74, 6) is 0.653. The summed E-state index contributed by atoms with van der Waals surface area (Å²) in [6.45, 7) is 0.197. The van der Waals surface area contributed by atoms with Crippen LogP contribution < -0.4 is 14.2 Å². The highest BCUT2D eigenvalue weighted by molar-refractivity contribution is 7.92. The first-order valence-corrected chi connectivity index (χ1v) is 10.3. The zero-order valence-electron chi connectivity index (χ0n) is 15.6. The lowest BCUT2D eigenvalue weighted by Crippen LogP contribution is -2.56. The van der Waals surface area contributed by atoms with Crippen molar-refractivity contribution in [3.8, 4) is 17.2 Å². The second-order valence-corrected chi connectivity index (χ2v) is 8.88. The van der Waals surface area contributed by atoms with Crippen LogP contribution in [0.2, 0.25) is 5.02 Å². The molecule has 9 heteroatoms. The number of likely N-dealkylation sites (tertiary alicyclic amines) is 1. The lowest BCUT2D eigenvalue weighted by molar-refractivity contribution is 0.0654. The third kappa shape index (κ3) is 3.49. The molecule has 0 radical (unpaired) electrons. The van der Waals surface area contributed by atoms with E-state index in [1.165, 1.54) is 50.5 Å². The minimum Gasteiger partial charge on any atom is -0.493 e. The number of rotatable bonds is 6. The molecule has 3 rings (SSSR count). The Morgan fingerprint density at radius 3 is 2.11 bits per heavy atom. The monoisotopic (exact) mass is 425 g/mol. The second kappa shape index (κ2) is 7.89. The Morgan fingerprint density at radius 1 is 0.964 bits per heavy atom. The fraction of sp³-hybridized carbons (Fsp3) is 0.316. The normalized spacial score (nSPS) is 14.4. The quantitative estimate of drug-likeness (QED) is 0.707. The van der Waals surface area contributed by atoms with Crippen LogP contribution in [0.1, 0.15) is 10.4 Å². The number of hydrogen-bond donors (Lipinski definition) is 0. The van der Waals surface area contributed by atoms with E-state index < -0.39 is 15.1 Å². The van der Waals surface area contributed by atoms with Crippen molar-refractivity contribution in [1.29, 1.82) is 0 Å². The predicted octanol–water partition coefficient (Wildman–Crippen LogP) is 2.66. The molecule has 150 valence electrons. The van der Waals surface area contributed by atoms with Gasteiger partial charge in [0.2, 0.25) is 5.75 Å². The van der Waals surface area contributed by atoms with Gasteiger partial charge < -0.3 is 19.1 Å². The number of benzene rings is 2. The smallest absolute Gasteiger partial charge is 0.257 e. The van der Waals surface area contributed by atoms with Crippen molar-refractivity contribution < 1.29 is 27.4 Å². The first-order valence-electron chi connectivity index (χ1n) is 8.41. The van der Waals surface area contributed by atoms with Gasteiger partial charge in [-0.1, -0.05) is 11.6 Å². The summed E-state index contributed by atoms with van der Waals surface area (Å²) in [7, 11) is 0.831. The molecule has 0 unspecified atom stereocenters. The van der Waals surface area contributed by atoms with Crippen LogP contribution in [0.15, 0.2) is 41.3 Å². The highest BCUT2D eigenvalue weighted by Crippen LogP contribution is 2.40. The molecule has 1 heterocycles. The number of sulfone groups is 1. The minimum atomic E-state index is -3.54. The summed E-state index contributed by atoms with van der Waals surface area (Å²) < 4.78 is 41.2. The van der Waals surface area contributed by atoms with Gasteiger partial charge in [0.25, 0.3) is 5.91 Å². The van der Waals surface area contributed by atoms with Crippen molar-refractivity contribution >= 4 is 27.3 Å². The fourth-order valence-electron chi connectivity index (χ4n) is 3.06. The largest absolute Gasteiger partial charge is 0.493 e. The summed E-state index contributed by atoms with van der Waals surface area (Å²) in [4.78, 5) is 14.5. The van der Waals surface area contributed by atoms with Crippen LogP contribution in [0.3, 0.4) is 0 Å². The Bertz CT molecular complexity index is 984. The van der Waals surface area contributed by atoms with Crippen LogP contribution in [-0.4, -0.2) is 58.9 Å². The van der Waals surface area contributed by atoms with Gasteiger partial charge in [-0.05, 0) is 36.4 Å². The Labute approximate surface area is 168 Å². The Morgan fingerprint density at radius 2 is 1.57 bits per heavy atom. The highest BCUT2D eigenvalue weighted by Gasteiger charge is 2.41. The number of nitrogens with zero attached hydrogens (tertiary/aromatic N) is 1. The number of carbonyl (C=O) groups excluding carboxylic acids is 1. The molecular formula is C19H20ClNO6S. The Kier molecular flexibility index (Phi) is 5.71. The van der Waals surface area contributed by atoms with E-state index >= 15 is 0 Å². The van der Waals surface area contributed by atoms with E-state index in [0.29, 0.717) is 16.5 Å². The molecule has 0 spiro atoms. The molecule has 0 atom stereocenters. The lowest BCUT2D eigenvalue weighted by Gasteiger charge is -2.38. The van der Waals surface area contributed by atoms with Gasteiger partial charge in [-0.25, -0.2) is 8.42 Å². The molecule has 0 aliphatic carbocycles. The average molecular weight is 426 g/mol. The van der Waals surface area contributed by atoms with Crippen molar-refractivity contribution in [2.75, 3.05) is 34.4 Å². The van der Waals surface area contributed by atoms with E-state index in [-0.39, 0.29) is 35.2 Å². The van der Waals surface area contributed by atoms with Gasteiger partial charge in [0, 0.05) is 18.1 Å². The van der Waals surface area contributed by atoms with E-state index in [9.17, 15) is 13.2 Å². The molecule has 7 nitrogen and oxygen atoms in total. The summed E-state index contributed by atoms with van der Waals surface area (Å²) in [5.41, 5.74) is 0.280. The average Bonchev–Trinajstić information content (AvgIpc) is 2.65. The fourth-order valence-corrected chi connectivity index (χ4v) is 4.84. The summed E-state index contributed by atoms with van der Waals surface area (Å²) in [5, 5.41) is -0.200. The number of amides is 1. The molecule has 1 aliphatic heterocycles. The number of ether oxygens (including phenoxy) is 3. The van der Waals surface area contributed by atoms with Gasteiger partial charge in [-0.3, -0.25) is 4.79 Å². The zero-order chi connectivity index (χ0) is 20.5. The van der Waals surface area contributed by atoms with Crippen molar-refractivity contribution in [2.45, 2.75) is 10.1 Å². The van der Waals surface area contributed by atoms with Crippen molar-refractivity contribution in [1.82, 2.24) is 4.90 Å². The third-order valence-electron chi connectivity index (χ3n) is 4.65. The van der Waals surface area contributed by atoms with E-state index in [1.807, 2.05) is 0 Å². The van der Waals surface area contributed by atoms with Crippen LogP contribution in [0, 0.1) is 0 Å². The molecule has 0 aromatic heterocycles. The molecule has 1 fully saturated rings. The van der Waals surface area contributed by atoms with Crippen LogP contribution in [0.5, 0.6) is 17.2 Å². The predicted molar refractivity (Wildman–Crippen MR) is 104 cm³/mol. The Hall–Kier alpha value is -2.45. The van der Waals surface area contributed by atoms with Crippen LogP contribution >= 0.6 is 11.6 Å². The zero-order valence-corrected chi connectivity index (χ0v) is 17.2. The van der Waals surface area contributed by atoms with Gasteiger partial charge in [0.05, 0.1) is 31.8 Å². The van der Waals surface area contributed by atoms with Gasteiger partial charge >= 0.3 is 0 Å². The molecule has 1 aliphatic rings. The van der Waals surface area contributed by atoms with Gasteiger partial charge in [-0.2, -0.15) is 0 Å². The molecule has 0 bridgehead atoms. The maximum Gasteiger partial charge on any atom is 0.257 e. The lowest BCUT2D eigenvalue weighted by atomic mass is 10.1. The first-order chi connectivity index (χ1) is 13.3. The standard InChI is InChI=1S/C19H20ClNO6S/c1-25-16-9-8-15(17(26-2)18(16)27-3)19(22)21-10-14(11-21)28(23,24)13-6-4-12(20)5-7-13/h4-9,14H,10-11H2,1-3H3. The molecule has 0 N–H and O–H groups in total. The summed E-state index contributed by atoms with van der Waals surface area (Å²) >= 11 is 5.82. The number of methoxy groups -OCH3 is 3. The highest BCUT2D eigenvalue weighted by atomic mass is 35.5. The third-order valence-corrected chi connectivity index (χ3v) is 7.01. The maximum absolute atomic E-state index is 12.9. The summed E-state index contributed by atoms with van der Waals surface area (Å²) in [6.07, 6.45) is 0.